The lowest BCUT2D eigenvalue weighted by Crippen LogP contribution is -2.50. The first-order valence-electron chi connectivity index (χ1n) is 11.1. The molecule has 7 nitrogen and oxygen atoms in total. The summed E-state index contributed by atoms with van der Waals surface area (Å²) >= 11 is 0. The van der Waals surface area contributed by atoms with Gasteiger partial charge in [-0.25, -0.2) is 12.8 Å². The number of sulfonamides is 1. The van der Waals surface area contributed by atoms with Crippen LogP contribution in [-0.2, 0) is 19.6 Å². The van der Waals surface area contributed by atoms with Crippen LogP contribution in [0.3, 0.4) is 0 Å². The first kappa shape index (κ1) is 24.1. The highest BCUT2D eigenvalue weighted by molar-refractivity contribution is 7.89. The number of hydrogen-bond acceptors (Lipinski definition) is 5. The van der Waals surface area contributed by atoms with Crippen molar-refractivity contribution in [2.45, 2.75) is 44.0 Å². The van der Waals surface area contributed by atoms with Crippen LogP contribution in [0, 0.1) is 17.7 Å². The van der Waals surface area contributed by atoms with Crippen LogP contribution in [0.25, 0.3) is 0 Å². The minimum atomic E-state index is -3.67. The smallest absolute Gasteiger partial charge is 0.243 e. The number of ether oxygens (including phenoxy) is 1. The molecule has 31 heavy (non-hydrogen) atoms. The molecule has 3 rings (SSSR count). The second-order valence-electron chi connectivity index (χ2n) is 8.81. The van der Waals surface area contributed by atoms with Crippen molar-refractivity contribution in [3.05, 3.63) is 30.1 Å². The van der Waals surface area contributed by atoms with E-state index in [9.17, 15) is 17.6 Å². The fraction of sp³-hybridized carbons (Fsp3) is 0.682. The zero-order chi connectivity index (χ0) is 22.4. The summed E-state index contributed by atoms with van der Waals surface area (Å²) in [5.41, 5.74) is 0. The van der Waals surface area contributed by atoms with Gasteiger partial charge in [-0.2, -0.15) is 4.31 Å². The van der Waals surface area contributed by atoms with Gasteiger partial charge in [0, 0.05) is 44.7 Å². The lowest BCUT2D eigenvalue weighted by molar-refractivity contribution is -0.126. The third kappa shape index (κ3) is 6.47. The Labute approximate surface area is 185 Å². The molecule has 1 unspecified atom stereocenters. The molecule has 2 heterocycles. The Balaban J connectivity index is 1.51. The molecule has 0 radical (unpaired) electrons. The number of carbonyl (C=O) groups excluding carboxylic acids is 1. The maximum atomic E-state index is 13.1. The fourth-order valence-corrected chi connectivity index (χ4v) is 5.79. The van der Waals surface area contributed by atoms with Gasteiger partial charge in [0.25, 0.3) is 0 Å². The van der Waals surface area contributed by atoms with Crippen LogP contribution < -0.4 is 5.32 Å². The molecule has 0 spiro atoms. The molecule has 2 saturated heterocycles. The molecule has 0 bridgehead atoms. The second-order valence-corrected chi connectivity index (χ2v) is 10.7. The maximum Gasteiger partial charge on any atom is 0.243 e. The third-order valence-electron chi connectivity index (χ3n) is 6.09. The molecular formula is C22H34FN3O4S. The SMILES string of the molecule is CC(C)CC(CNC(=O)C1CCN(S(=O)(=O)c2ccc(F)cc2)CC1)N1CCOCC1. The van der Waals surface area contributed by atoms with E-state index < -0.39 is 15.8 Å². The molecule has 2 fully saturated rings. The van der Waals surface area contributed by atoms with Crippen molar-refractivity contribution in [2.75, 3.05) is 45.9 Å². The van der Waals surface area contributed by atoms with Gasteiger partial charge in [0.1, 0.15) is 5.82 Å². The van der Waals surface area contributed by atoms with Crippen molar-refractivity contribution in [1.29, 1.82) is 0 Å². The Morgan fingerprint density at radius 3 is 2.32 bits per heavy atom. The molecule has 0 saturated carbocycles. The minimum Gasteiger partial charge on any atom is -0.379 e. The zero-order valence-corrected chi connectivity index (χ0v) is 19.2. The number of benzene rings is 1. The van der Waals surface area contributed by atoms with Crippen molar-refractivity contribution in [3.8, 4) is 0 Å². The lowest BCUT2D eigenvalue weighted by atomic mass is 9.96. The normalized spacial score (nSPS) is 20.6. The number of morpholine rings is 1. The van der Waals surface area contributed by atoms with Gasteiger partial charge in [0.2, 0.25) is 15.9 Å². The standard InChI is InChI=1S/C22H34FN3O4S/c1-17(2)15-20(25-11-13-30-14-12-25)16-24-22(27)18-7-9-26(10-8-18)31(28,29)21-5-3-19(23)4-6-21/h3-6,17-18,20H,7-16H2,1-2H3,(H,24,27). The first-order chi connectivity index (χ1) is 14.8. The molecule has 0 aromatic heterocycles. The van der Waals surface area contributed by atoms with E-state index in [4.69, 9.17) is 4.74 Å². The van der Waals surface area contributed by atoms with Crippen LogP contribution in [0.5, 0.6) is 0 Å². The maximum absolute atomic E-state index is 13.1. The predicted octanol–water partition coefficient (Wildman–Crippen LogP) is 2.09. The van der Waals surface area contributed by atoms with Gasteiger partial charge in [-0.1, -0.05) is 13.8 Å². The summed E-state index contributed by atoms with van der Waals surface area (Å²) < 4.78 is 45.5. The van der Waals surface area contributed by atoms with Gasteiger partial charge >= 0.3 is 0 Å². The van der Waals surface area contributed by atoms with Gasteiger partial charge < -0.3 is 10.1 Å². The van der Waals surface area contributed by atoms with E-state index in [1.54, 1.807) is 0 Å². The molecular weight excluding hydrogens is 421 g/mol. The van der Waals surface area contributed by atoms with E-state index in [1.807, 2.05) is 0 Å². The number of rotatable bonds is 8. The number of hydrogen-bond donors (Lipinski definition) is 1. The molecule has 1 N–H and O–H groups in total. The van der Waals surface area contributed by atoms with Crippen molar-refractivity contribution in [3.63, 3.8) is 0 Å². The van der Waals surface area contributed by atoms with Gasteiger partial charge in [-0.05, 0) is 49.4 Å². The fourth-order valence-electron chi connectivity index (χ4n) is 4.33. The monoisotopic (exact) mass is 455 g/mol. The average Bonchev–Trinajstić information content (AvgIpc) is 2.77. The van der Waals surface area contributed by atoms with Crippen molar-refractivity contribution in [2.24, 2.45) is 11.8 Å². The average molecular weight is 456 g/mol. The molecule has 2 aliphatic rings. The Morgan fingerprint density at radius 1 is 1.13 bits per heavy atom. The van der Waals surface area contributed by atoms with Crippen LogP contribution in [0.1, 0.15) is 33.1 Å². The van der Waals surface area contributed by atoms with Crippen LogP contribution in [0.2, 0.25) is 0 Å². The molecule has 9 heteroatoms. The van der Waals surface area contributed by atoms with E-state index in [1.165, 1.54) is 16.4 Å². The second kappa shape index (κ2) is 10.8. The van der Waals surface area contributed by atoms with E-state index in [0.29, 0.717) is 25.3 Å². The Morgan fingerprint density at radius 2 is 1.74 bits per heavy atom. The van der Waals surface area contributed by atoms with E-state index >= 15 is 0 Å². The summed E-state index contributed by atoms with van der Waals surface area (Å²) in [6.45, 7) is 8.77. The summed E-state index contributed by atoms with van der Waals surface area (Å²) in [5.74, 6) is -0.128. The van der Waals surface area contributed by atoms with E-state index in [0.717, 1.165) is 44.9 Å². The number of piperidine rings is 1. The molecule has 174 valence electrons. The van der Waals surface area contributed by atoms with Crippen LogP contribution in [0.15, 0.2) is 29.2 Å². The molecule has 2 aliphatic heterocycles. The Hall–Kier alpha value is -1.55. The summed E-state index contributed by atoms with van der Waals surface area (Å²) in [4.78, 5) is 15.2. The number of amides is 1. The number of carbonyl (C=O) groups is 1. The molecule has 1 aromatic carbocycles. The highest BCUT2D eigenvalue weighted by Gasteiger charge is 2.32. The van der Waals surface area contributed by atoms with Gasteiger partial charge in [-0.3, -0.25) is 9.69 Å². The molecule has 0 aliphatic carbocycles. The molecule has 1 aromatic rings. The quantitative estimate of drug-likeness (QED) is 0.649. The first-order valence-corrected chi connectivity index (χ1v) is 12.6. The van der Waals surface area contributed by atoms with Gasteiger partial charge in [-0.15, -0.1) is 0 Å². The van der Waals surface area contributed by atoms with Crippen LogP contribution in [0.4, 0.5) is 4.39 Å². The highest BCUT2D eigenvalue weighted by Crippen LogP contribution is 2.24. The lowest BCUT2D eigenvalue weighted by Gasteiger charge is -2.36. The van der Waals surface area contributed by atoms with Crippen molar-refractivity contribution < 1.29 is 22.3 Å². The largest absolute Gasteiger partial charge is 0.379 e. The summed E-state index contributed by atoms with van der Waals surface area (Å²) in [5, 5.41) is 3.12. The van der Waals surface area contributed by atoms with E-state index in [2.05, 4.69) is 24.1 Å². The molecule has 1 amide bonds. The number of halogens is 1. The predicted molar refractivity (Wildman–Crippen MR) is 117 cm³/mol. The number of nitrogens with zero attached hydrogens (tertiary/aromatic N) is 2. The number of nitrogens with one attached hydrogen (secondary N) is 1. The highest BCUT2D eigenvalue weighted by atomic mass is 32.2. The Bertz CT molecular complexity index is 818. The minimum absolute atomic E-state index is 0.000783. The summed E-state index contributed by atoms with van der Waals surface area (Å²) in [6, 6.07) is 5.14. The van der Waals surface area contributed by atoms with Gasteiger partial charge in [0.05, 0.1) is 18.1 Å². The summed E-state index contributed by atoms with van der Waals surface area (Å²) in [6.07, 6.45) is 1.98. The van der Waals surface area contributed by atoms with Crippen molar-refractivity contribution >= 4 is 15.9 Å². The summed E-state index contributed by atoms with van der Waals surface area (Å²) in [7, 11) is -3.67. The third-order valence-corrected chi connectivity index (χ3v) is 8.01. The topological polar surface area (TPSA) is 79.0 Å². The Kier molecular flexibility index (Phi) is 8.43. The van der Waals surface area contributed by atoms with Crippen LogP contribution in [-0.4, -0.2) is 75.5 Å². The zero-order valence-electron chi connectivity index (χ0n) is 18.4. The molecule has 1 atom stereocenters. The van der Waals surface area contributed by atoms with Crippen molar-refractivity contribution in [1.82, 2.24) is 14.5 Å². The van der Waals surface area contributed by atoms with Crippen LogP contribution >= 0.6 is 0 Å². The van der Waals surface area contributed by atoms with E-state index in [-0.39, 0.29) is 35.9 Å². The van der Waals surface area contributed by atoms with Gasteiger partial charge in [0.15, 0.2) is 0 Å².